The lowest BCUT2D eigenvalue weighted by atomic mass is 10.1. The summed E-state index contributed by atoms with van der Waals surface area (Å²) in [5.41, 5.74) is 1.46. The van der Waals surface area contributed by atoms with Crippen LogP contribution in [0.25, 0.3) is 0 Å². The van der Waals surface area contributed by atoms with Gasteiger partial charge in [-0.15, -0.1) is 0 Å². The Balaban J connectivity index is 1.87. The zero-order chi connectivity index (χ0) is 22.2. The number of ether oxygens (including phenoxy) is 3. The van der Waals surface area contributed by atoms with Crippen LogP contribution in [0.5, 0.6) is 17.2 Å². The van der Waals surface area contributed by atoms with Gasteiger partial charge in [0, 0.05) is 11.8 Å². The van der Waals surface area contributed by atoms with Crippen molar-refractivity contribution < 1.29 is 19.0 Å². The van der Waals surface area contributed by atoms with Gasteiger partial charge in [0.25, 0.3) is 5.91 Å². The summed E-state index contributed by atoms with van der Waals surface area (Å²) in [6.45, 7) is 5.15. The second-order valence-corrected chi connectivity index (χ2v) is 7.50. The summed E-state index contributed by atoms with van der Waals surface area (Å²) in [5, 5.41) is 0. The van der Waals surface area contributed by atoms with Gasteiger partial charge in [-0.3, -0.25) is 9.69 Å². The van der Waals surface area contributed by atoms with Crippen LogP contribution in [0.2, 0.25) is 0 Å². The Morgan fingerprint density at radius 1 is 0.968 bits per heavy atom. The number of hydrogen-bond acceptors (Lipinski definition) is 5. The van der Waals surface area contributed by atoms with E-state index >= 15 is 0 Å². The second kappa shape index (κ2) is 10.5. The van der Waals surface area contributed by atoms with Crippen LogP contribution in [-0.2, 0) is 6.54 Å². The molecule has 2 aromatic carbocycles. The van der Waals surface area contributed by atoms with E-state index in [9.17, 15) is 4.79 Å². The van der Waals surface area contributed by atoms with Crippen molar-refractivity contribution in [2.75, 3.05) is 25.7 Å². The number of carbonyl (C=O) groups excluding carboxylic acids is 1. The van der Waals surface area contributed by atoms with Crippen LogP contribution in [0.15, 0.2) is 66.9 Å². The van der Waals surface area contributed by atoms with Crippen LogP contribution in [0, 0.1) is 5.92 Å². The maximum atomic E-state index is 13.4. The summed E-state index contributed by atoms with van der Waals surface area (Å²) < 4.78 is 16.4. The molecule has 0 atom stereocenters. The van der Waals surface area contributed by atoms with Crippen molar-refractivity contribution in [2.24, 2.45) is 5.92 Å². The van der Waals surface area contributed by atoms with E-state index in [1.54, 1.807) is 37.4 Å². The summed E-state index contributed by atoms with van der Waals surface area (Å²) in [6, 6.07) is 18.3. The molecule has 0 aliphatic carbocycles. The van der Waals surface area contributed by atoms with Gasteiger partial charge in [0.15, 0.2) is 11.5 Å². The minimum atomic E-state index is -0.149. The Bertz CT molecular complexity index is 988. The molecule has 162 valence electrons. The summed E-state index contributed by atoms with van der Waals surface area (Å²) in [6.07, 6.45) is 1.67. The van der Waals surface area contributed by atoms with E-state index in [0.717, 1.165) is 11.3 Å². The topological polar surface area (TPSA) is 60.9 Å². The molecule has 0 aliphatic heterocycles. The minimum absolute atomic E-state index is 0.149. The SMILES string of the molecule is COc1ccc(CN(C(=O)c2ccc(OCC(C)C)cc2)c2ccccn2)cc1OC. The van der Waals surface area contributed by atoms with Crippen molar-refractivity contribution in [3.05, 3.63) is 78.0 Å². The molecule has 6 nitrogen and oxygen atoms in total. The van der Waals surface area contributed by atoms with Gasteiger partial charge >= 0.3 is 0 Å². The number of carbonyl (C=O) groups is 1. The van der Waals surface area contributed by atoms with Crippen molar-refractivity contribution in [2.45, 2.75) is 20.4 Å². The molecule has 6 heteroatoms. The Hall–Kier alpha value is -3.54. The molecular weight excluding hydrogens is 392 g/mol. The number of anilines is 1. The first kappa shape index (κ1) is 22.2. The molecule has 0 spiro atoms. The Morgan fingerprint density at radius 3 is 2.32 bits per heavy atom. The normalized spacial score (nSPS) is 10.6. The van der Waals surface area contributed by atoms with E-state index < -0.39 is 0 Å². The van der Waals surface area contributed by atoms with Gasteiger partial charge < -0.3 is 14.2 Å². The fourth-order valence-corrected chi connectivity index (χ4v) is 3.04. The van der Waals surface area contributed by atoms with Gasteiger partial charge in [-0.2, -0.15) is 0 Å². The predicted molar refractivity (Wildman–Crippen MR) is 121 cm³/mol. The smallest absolute Gasteiger partial charge is 0.259 e. The second-order valence-electron chi connectivity index (χ2n) is 7.50. The average Bonchev–Trinajstić information content (AvgIpc) is 2.81. The maximum absolute atomic E-state index is 13.4. The highest BCUT2D eigenvalue weighted by Gasteiger charge is 2.20. The van der Waals surface area contributed by atoms with Gasteiger partial charge in [-0.25, -0.2) is 4.98 Å². The van der Waals surface area contributed by atoms with E-state index in [0.29, 0.717) is 41.9 Å². The monoisotopic (exact) mass is 420 g/mol. The maximum Gasteiger partial charge on any atom is 0.259 e. The van der Waals surface area contributed by atoms with Crippen molar-refractivity contribution in [3.63, 3.8) is 0 Å². The zero-order valence-electron chi connectivity index (χ0n) is 18.4. The Kier molecular flexibility index (Phi) is 7.49. The van der Waals surface area contributed by atoms with Crippen molar-refractivity contribution in [1.82, 2.24) is 4.98 Å². The third-order valence-corrected chi connectivity index (χ3v) is 4.64. The number of rotatable bonds is 9. The van der Waals surface area contributed by atoms with Gasteiger partial charge in [0.05, 0.1) is 27.4 Å². The summed E-state index contributed by atoms with van der Waals surface area (Å²) in [5.74, 6) is 2.85. The average molecular weight is 421 g/mol. The van der Waals surface area contributed by atoms with E-state index in [1.807, 2.05) is 48.5 Å². The number of benzene rings is 2. The lowest BCUT2D eigenvalue weighted by Crippen LogP contribution is -2.31. The molecule has 1 amide bonds. The van der Waals surface area contributed by atoms with Gasteiger partial charge in [0.1, 0.15) is 11.6 Å². The highest BCUT2D eigenvalue weighted by atomic mass is 16.5. The Labute approximate surface area is 183 Å². The quantitative estimate of drug-likeness (QED) is 0.489. The van der Waals surface area contributed by atoms with E-state index in [1.165, 1.54) is 0 Å². The molecule has 0 fully saturated rings. The standard InChI is InChI=1S/C25H28N2O4/c1-18(2)17-31-21-11-9-20(10-12-21)25(28)27(24-7-5-6-14-26-24)16-19-8-13-22(29-3)23(15-19)30-4/h5-15,18H,16-17H2,1-4H3. The lowest BCUT2D eigenvalue weighted by molar-refractivity contribution is 0.0984. The first-order valence-corrected chi connectivity index (χ1v) is 10.2. The third kappa shape index (κ3) is 5.75. The first-order chi connectivity index (χ1) is 15.0. The molecule has 0 bridgehead atoms. The number of methoxy groups -OCH3 is 2. The fourth-order valence-electron chi connectivity index (χ4n) is 3.04. The van der Waals surface area contributed by atoms with E-state index in [-0.39, 0.29) is 5.91 Å². The molecule has 1 heterocycles. The van der Waals surface area contributed by atoms with E-state index in [2.05, 4.69) is 18.8 Å². The molecule has 0 N–H and O–H groups in total. The summed E-state index contributed by atoms with van der Waals surface area (Å²) >= 11 is 0. The molecule has 0 aliphatic rings. The van der Waals surface area contributed by atoms with E-state index in [4.69, 9.17) is 14.2 Å². The summed E-state index contributed by atoms with van der Waals surface area (Å²) in [4.78, 5) is 19.4. The fraction of sp³-hybridized carbons (Fsp3) is 0.280. The third-order valence-electron chi connectivity index (χ3n) is 4.64. The molecule has 0 unspecified atom stereocenters. The number of amides is 1. The lowest BCUT2D eigenvalue weighted by Gasteiger charge is -2.22. The number of aromatic nitrogens is 1. The van der Waals surface area contributed by atoms with Crippen LogP contribution in [0.3, 0.4) is 0 Å². The highest BCUT2D eigenvalue weighted by molar-refractivity contribution is 6.05. The van der Waals surface area contributed by atoms with Crippen molar-refractivity contribution >= 4 is 11.7 Å². The molecule has 0 radical (unpaired) electrons. The largest absolute Gasteiger partial charge is 0.493 e. The van der Waals surface area contributed by atoms with Gasteiger partial charge in [-0.05, 0) is 60.0 Å². The van der Waals surface area contributed by atoms with Crippen molar-refractivity contribution in [3.8, 4) is 17.2 Å². The highest BCUT2D eigenvalue weighted by Crippen LogP contribution is 2.29. The zero-order valence-corrected chi connectivity index (χ0v) is 18.4. The number of hydrogen-bond donors (Lipinski definition) is 0. The minimum Gasteiger partial charge on any atom is -0.493 e. The van der Waals surface area contributed by atoms with Crippen LogP contribution in [0.4, 0.5) is 5.82 Å². The molecule has 0 saturated heterocycles. The molecule has 3 rings (SSSR count). The van der Waals surface area contributed by atoms with Gasteiger partial charge in [-0.1, -0.05) is 26.0 Å². The first-order valence-electron chi connectivity index (χ1n) is 10.2. The van der Waals surface area contributed by atoms with Crippen LogP contribution >= 0.6 is 0 Å². The molecule has 1 aromatic heterocycles. The van der Waals surface area contributed by atoms with Gasteiger partial charge in [0.2, 0.25) is 0 Å². The predicted octanol–water partition coefficient (Wildman–Crippen LogP) is 4.98. The summed E-state index contributed by atoms with van der Waals surface area (Å²) in [7, 11) is 3.18. The Morgan fingerprint density at radius 2 is 1.71 bits per heavy atom. The van der Waals surface area contributed by atoms with Crippen LogP contribution in [-0.4, -0.2) is 31.7 Å². The molecule has 3 aromatic rings. The molecular formula is C25H28N2O4. The number of pyridine rings is 1. The van der Waals surface area contributed by atoms with Crippen LogP contribution in [0.1, 0.15) is 29.8 Å². The van der Waals surface area contributed by atoms with Crippen molar-refractivity contribution in [1.29, 1.82) is 0 Å². The molecule has 31 heavy (non-hydrogen) atoms. The molecule has 0 saturated carbocycles. The number of nitrogens with zero attached hydrogens (tertiary/aromatic N) is 2. The van der Waals surface area contributed by atoms with Crippen LogP contribution < -0.4 is 19.1 Å².